The van der Waals surface area contributed by atoms with Gasteiger partial charge in [0, 0.05) is 13.7 Å². The Balaban J connectivity index is 2.07. The normalized spacial score (nSPS) is 12.3. The molecular weight excluding hydrogens is 284 g/mol. The van der Waals surface area contributed by atoms with E-state index in [0.29, 0.717) is 30.0 Å². The molecule has 0 fully saturated rings. The highest BCUT2D eigenvalue weighted by molar-refractivity contribution is 6.28. The van der Waals surface area contributed by atoms with Crippen molar-refractivity contribution in [2.24, 2.45) is 0 Å². The van der Waals surface area contributed by atoms with Crippen molar-refractivity contribution in [2.75, 3.05) is 25.6 Å². The molecule has 9 heteroatoms. The van der Waals surface area contributed by atoms with E-state index in [2.05, 4.69) is 30.8 Å². The van der Waals surface area contributed by atoms with Crippen LogP contribution < -0.4 is 10.6 Å². The number of aromatic nitrogens is 4. The lowest BCUT2D eigenvalue weighted by Crippen LogP contribution is -2.39. The minimum absolute atomic E-state index is 0.0799. The number of amides is 1. The van der Waals surface area contributed by atoms with Crippen molar-refractivity contribution < 1.29 is 9.53 Å². The number of aromatic amines is 1. The van der Waals surface area contributed by atoms with Gasteiger partial charge < -0.3 is 15.4 Å². The van der Waals surface area contributed by atoms with Crippen molar-refractivity contribution in [3.8, 4) is 0 Å². The molecule has 0 spiro atoms. The SMILES string of the molecule is COCCNC(=O)C(C)Nc1nc(Cl)nc2[nH]ncc12. The van der Waals surface area contributed by atoms with E-state index < -0.39 is 6.04 Å². The van der Waals surface area contributed by atoms with Crippen LogP contribution in [-0.4, -0.2) is 52.4 Å². The maximum absolute atomic E-state index is 11.9. The minimum atomic E-state index is -0.476. The van der Waals surface area contributed by atoms with Gasteiger partial charge in [-0.15, -0.1) is 0 Å². The number of nitrogens with one attached hydrogen (secondary N) is 3. The molecule has 2 heterocycles. The summed E-state index contributed by atoms with van der Waals surface area (Å²) in [6.07, 6.45) is 1.57. The topological polar surface area (TPSA) is 105 Å². The molecule has 1 unspecified atom stereocenters. The molecule has 0 aromatic carbocycles. The van der Waals surface area contributed by atoms with Crippen LogP contribution in [0.3, 0.4) is 0 Å². The average molecular weight is 299 g/mol. The van der Waals surface area contributed by atoms with E-state index in [0.717, 1.165) is 0 Å². The van der Waals surface area contributed by atoms with Gasteiger partial charge in [0.2, 0.25) is 11.2 Å². The minimum Gasteiger partial charge on any atom is -0.383 e. The number of fused-ring (bicyclic) bond motifs is 1. The Morgan fingerprint density at radius 2 is 2.35 bits per heavy atom. The van der Waals surface area contributed by atoms with Gasteiger partial charge in [0.15, 0.2) is 5.65 Å². The lowest BCUT2D eigenvalue weighted by Gasteiger charge is -2.14. The van der Waals surface area contributed by atoms with Crippen molar-refractivity contribution >= 4 is 34.4 Å². The predicted molar refractivity (Wildman–Crippen MR) is 74.7 cm³/mol. The lowest BCUT2D eigenvalue weighted by atomic mass is 10.3. The molecule has 0 saturated carbocycles. The fourth-order valence-electron chi connectivity index (χ4n) is 1.62. The van der Waals surface area contributed by atoms with Crippen LogP contribution in [0.15, 0.2) is 6.20 Å². The predicted octanol–water partition coefficient (Wildman–Crippen LogP) is 0.569. The van der Waals surface area contributed by atoms with Gasteiger partial charge in [0.1, 0.15) is 11.9 Å². The molecule has 0 aliphatic carbocycles. The van der Waals surface area contributed by atoms with Crippen LogP contribution in [0.4, 0.5) is 5.82 Å². The highest BCUT2D eigenvalue weighted by Crippen LogP contribution is 2.20. The van der Waals surface area contributed by atoms with Gasteiger partial charge in [0.25, 0.3) is 0 Å². The summed E-state index contributed by atoms with van der Waals surface area (Å²) < 4.78 is 4.87. The molecule has 0 bridgehead atoms. The first kappa shape index (κ1) is 14.5. The maximum Gasteiger partial charge on any atom is 0.242 e. The zero-order valence-corrected chi connectivity index (χ0v) is 11.9. The third-order valence-electron chi connectivity index (χ3n) is 2.63. The van der Waals surface area contributed by atoms with Crippen LogP contribution in [0.2, 0.25) is 5.28 Å². The van der Waals surface area contributed by atoms with E-state index in [9.17, 15) is 4.79 Å². The Morgan fingerprint density at radius 1 is 1.55 bits per heavy atom. The number of hydrogen-bond donors (Lipinski definition) is 3. The van der Waals surface area contributed by atoms with Crippen molar-refractivity contribution in [1.29, 1.82) is 0 Å². The summed E-state index contributed by atoms with van der Waals surface area (Å²) in [5, 5.41) is 13.1. The van der Waals surface area contributed by atoms with Crippen LogP contribution in [0.1, 0.15) is 6.92 Å². The van der Waals surface area contributed by atoms with Crippen LogP contribution >= 0.6 is 11.6 Å². The van der Waals surface area contributed by atoms with E-state index in [4.69, 9.17) is 16.3 Å². The number of nitrogens with zero attached hydrogens (tertiary/aromatic N) is 3. The van der Waals surface area contributed by atoms with E-state index in [-0.39, 0.29) is 11.2 Å². The number of hydrogen-bond acceptors (Lipinski definition) is 6. The molecule has 0 saturated heterocycles. The Bertz CT molecular complexity index is 602. The monoisotopic (exact) mass is 298 g/mol. The first-order valence-corrected chi connectivity index (χ1v) is 6.39. The number of H-pyrrole nitrogens is 1. The molecule has 8 nitrogen and oxygen atoms in total. The molecule has 1 amide bonds. The van der Waals surface area contributed by atoms with Gasteiger partial charge in [-0.3, -0.25) is 9.89 Å². The summed E-state index contributed by atoms with van der Waals surface area (Å²) in [6.45, 7) is 2.64. The quantitative estimate of drug-likeness (QED) is 0.532. The van der Waals surface area contributed by atoms with Crippen LogP contribution in [0.25, 0.3) is 11.0 Å². The molecule has 0 aliphatic heterocycles. The highest BCUT2D eigenvalue weighted by Gasteiger charge is 2.16. The summed E-state index contributed by atoms with van der Waals surface area (Å²) in [5.74, 6) is 0.302. The number of carbonyl (C=O) groups is 1. The Labute approximate surface area is 120 Å². The largest absolute Gasteiger partial charge is 0.383 e. The fraction of sp³-hybridized carbons (Fsp3) is 0.455. The second-order valence-corrected chi connectivity index (χ2v) is 4.46. The molecule has 3 N–H and O–H groups in total. The fourth-order valence-corrected chi connectivity index (χ4v) is 1.79. The number of ether oxygens (including phenoxy) is 1. The molecule has 2 rings (SSSR count). The van der Waals surface area contributed by atoms with Crippen LogP contribution in [0.5, 0.6) is 0 Å². The smallest absolute Gasteiger partial charge is 0.242 e. The van der Waals surface area contributed by atoms with E-state index in [1.54, 1.807) is 20.2 Å². The number of anilines is 1. The molecule has 108 valence electrons. The Kier molecular flexibility index (Phi) is 4.70. The molecule has 0 radical (unpaired) electrons. The molecule has 0 aliphatic rings. The second kappa shape index (κ2) is 6.49. The zero-order chi connectivity index (χ0) is 14.5. The van der Waals surface area contributed by atoms with Gasteiger partial charge in [-0.2, -0.15) is 15.1 Å². The summed E-state index contributed by atoms with van der Waals surface area (Å²) in [5.41, 5.74) is 0.513. The van der Waals surface area contributed by atoms with Crippen molar-refractivity contribution in [1.82, 2.24) is 25.5 Å². The summed E-state index contributed by atoms with van der Waals surface area (Å²) in [6, 6.07) is -0.476. The standard InChI is InChI=1S/C11H15ClN6O2/c1-6(10(19)13-3-4-20-2)15-8-7-5-14-18-9(7)17-11(12)16-8/h5-6H,3-4H2,1-2H3,(H,13,19)(H2,14,15,16,17,18). The summed E-state index contributed by atoms with van der Waals surface area (Å²) >= 11 is 5.82. The zero-order valence-electron chi connectivity index (χ0n) is 11.1. The van der Waals surface area contributed by atoms with E-state index >= 15 is 0 Å². The molecule has 20 heavy (non-hydrogen) atoms. The number of halogens is 1. The number of rotatable bonds is 6. The van der Waals surface area contributed by atoms with Gasteiger partial charge in [-0.1, -0.05) is 0 Å². The molecular formula is C11H15ClN6O2. The van der Waals surface area contributed by atoms with Crippen molar-refractivity contribution in [2.45, 2.75) is 13.0 Å². The first-order valence-electron chi connectivity index (χ1n) is 6.01. The third-order valence-corrected chi connectivity index (χ3v) is 2.80. The molecule has 2 aromatic rings. The third kappa shape index (κ3) is 3.34. The average Bonchev–Trinajstić information content (AvgIpc) is 2.86. The highest BCUT2D eigenvalue weighted by atomic mass is 35.5. The van der Waals surface area contributed by atoms with Gasteiger partial charge in [-0.25, -0.2) is 0 Å². The summed E-state index contributed by atoms with van der Waals surface area (Å²) in [7, 11) is 1.58. The van der Waals surface area contributed by atoms with Gasteiger partial charge in [-0.05, 0) is 18.5 Å². The van der Waals surface area contributed by atoms with Crippen molar-refractivity contribution in [3.63, 3.8) is 0 Å². The van der Waals surface area contributed by atoms with E-state index in [1.807, 2.05) is 0 Å². The van der Waals surface area contributed by atoms with Gasteiger partial charge >= 0.3 is 0 Å². The maximum atomic E-state index is 11.9. The molecule has 2 aromatic heterocycles. The van der Waals surface area contributed by atoms with E-state index in [1.165, 1.54) is 0 Å². The number of methoxy groups -OCH3 is 1. The molecule has 1 atom stereocenters. The van der Waals surface area contributed by atoms with Gasteiger partial charge in [0.05, 0.1) is 18.2 Å². The summed E-state index contributed by atoms with van der Waals surface area (Å²) in [4.78, 5) is 19.9. The van der Waals surface area contributed by atoms with Crippen molar-refractivity contribution in [3.05, 3.63) is 11.5 Å². The Hall–Kier alpha value is -1.93. The second-order valence-electron chi connectivity index (χ2n) is 4.12. The Morgan fingerprint density at radius 3 is 3.10 bits per heavy atom. The lowest BCUT2D eigenvalue weighted by molar-refractivity contribution is -0.121. The van der Waals surface area contributed by atoms with Crippen LogP contribution in [0, 0.1) is 0 Å². The van der Waals surface area contributed by atoms with Crippen LogP contribution in [-0.2, 0) is 9.53 Å². The first-order chi connectivity index (χ1) is 9.61. The number of carbonyl (C=O) groups excluding carboxylic acids is 1.